The monoisotopic (exact) mass is 456 g/mol. The second-order valence-electron chi connectivity index (χ2n) is 6.55. The first kappa shape index (κ1) is 26.2. The van der Waals surface area contributed by atoms with E-state index in [0.717, 1.165) is 34.0 Å². The van der Waals surface area contributed by atoms with Crippen molar-refractivity contribution < 1.29 is 47.7 Å². The molecule has 1 heterocycles. The largest absolute Gasteiger partial charge is 0.477 e. The van der Waals surface area contributed by atoms with E-state index in [0.29, 0.717) is 0 Å². The molecule has 0 radical (unpaired) electrons. The number of amides is 1. The van der Waals surface area contributed by atoms with Gasteiger partial charge in [-0.15, -0.1) is 0 Å². The summed E-state index contributed by atoms with van der Waals surface area (Å²) >= 11 is 0. The average molecular weight is 456 g/mol. The van der Waals surface area contributed by atoms with Crippen LogP contribution in [0.15, 0.2) is 16.9 Å². The van der Waals surface area contributed by atoms with Crippen LogP contribution in [0.25, 0.3) is 10.4 Å². The van der Waals surface area contributed by atoms with E-state index in [-0.39, 0.29) is 0 Å². The number of esters is 4. The van der Waals surface area contributed by atoms with Crippen LogP contribution in [0, 0.1) is 0 Å². The smallest absolute Gasteiger partial charge is 0.372 e. The molecular weight excluding hydrogens is 432 g/mol. The van der Waals surface area contributed by atoms with E-state index in [1.807, 2.05) is 0 Å². The highest BCUT2D eigenvalue weighted by Gasteiger charge is 2.47. The molecule has 0 fully saturated rings. The van der Waals surface area contributed by atoms with Crippen LogP contribution >= 0.6 is 0 Å². The van der Waals surface area contributed by atoms with E-state index >= 15 is 0 Å². The highest BCUT2D eigenvalue weighted by molar-refractivity contribution is 5.86. The number of ether oxygens (including phenoxy) is 5. The van der Waals surface area contributed by atoms with Crippen molar-refractivity contribution in [3.05, 3.63) is 22.3 Å². The van der Waals surface area contributed by atoms with Gasteiger partial charge in [0.25, 0.3) is 0 Å². The van der Waals surface area contributed by atoms with Crippen LogP contribution in [0.3, 0.4) is 0 Å². The third-order valence-corrected chi connectivity index (χ3v) is 4.01. The van der Waals surface area contributed by atoms with Gasteiger partial charge in [0.1, 0.15) is 6.61 Å². The lowest BCUT2D eigenvalue weighted by atomic mass is 9.92. The minimum absolute atomic E-state index is 0.400. The maximum atomic E-state index is 12.1. The van der Waals surface area contributed by atoms with Crippen molar-refractivity contribution >= 4 is 29.8 Å². The molecule has 0 aromatic rings. The van der Waals surface area contributed by atoms with E-state index in [9.17, 15) is 24.0 Å². The SMILES string of the molecule is COC(=O)C1=C[C@H](N=[N+]=[N-])[C@@H](NC(C)=O)[C@H](C(OC(C)=O)[C@@H](COC(C)=O)OC(C)=O)O1. The maximum Gasteiger partial charge on any atom is 0.372 e. The molecule has 1 aliphatic rings. The van der Waals surface area contributed by atoms with Crippen molar-refractivity contribution in [2.24, 2.45) is 5.11 Å². The van der Waals surface area contributed by atoms with Crippen molar-refractivity contribution in [2.45, 2.75) is 58.1 Å². The minimum Gasteiger partial charge on any atom is -0.477 e. The summed E-state index contributed by atoms with van der Waals surface area (Å²) < 4.78 is 25.6. The first-order valence-corrected chi connectivity index (χ1v) is 9.26. The van der Waals surface area contributed by atoms with Gasteiger partial charge in [-0.2, -0.15) is 0 Å². The Labute approximate surface area is 182 Å². The Morgan fingerprint density at radius 2 is 1.75 bits per heavy atom. The van der Waals surface area contributed by atoms with Crippen molar-refractivity contribution in [1.82, 2.24) is 5.32 Å². The average Bonchev–Trinajstić information content (AvgIpc) is 2.69. The van der Waals surface area contributed by atoms with E-state index in [1.54, 1.807) is 0 Å². The zero-order valence-electron chi connectivity index (χ0n) is 18.1. The van der Waals surface area contributed by atoms with Crippen LogP contribution in [-0.4, -0.2) is 73.9 Å². The van der Waals surface area contributed by atoms with Gasteiger partial charge in [-0.25, -0.2) is 4.79 Å². The summed E-state index contributed by atoms with van der Waals surface area (Å²) in [5.74, 6) is -4.27. The van der Waals surface area contributed by atoms with Gasteiger partial charge < -0.3 is 29.0 Å². The van der Waals surface area contributed by atoms with Crippen LogP contribution in [0.2, 0.25) is 0 Å². The molecule has 14 heteroatoms. The number of nitrogens with one attached hydrogen (secondary N) is 1. The maximum absolute atomic E-state index is 12.1. The summed E-state index contributed by atoms with van der Waals surface area (Å²) in [6.07, 6.45) is -3.19. The van der Waals surface area contributed by atoms with Gasteiger partial charge in [0, 0.05) is 32.6 Å². The lowest BCUT2D eigenvalue weighted by Gasteiger charge is -2.40. The van der Waals surface area contributed by atoms with Crippen LogP contribution in [0.5, 0.6) is 0 Å². The number of methoxy groups -OCH3 is 1. The molecule has 5 atom stereocenters. The van der Waals surface area contributed by atoms with E-state index in [1.165, 1.54) is 6.92 Å². The number of carbonyl (C=O) groups is 5. The number of hydrogen-bond donors (Lipinski definition) is 1. The fourth-order valence-electron chi connectivity index (χ4n) is 2.92. The fourth-order valence-corrected chi connectivity index (χ4v) is 2.92. The van der Waals surface area contributed by atoms with E-state index < -0.39 is 72.5 Å². The first-order chi connectivity index (χ1) is 15.0. The van der Waals surface area contributed by atoms with Gasteiger partial charge in [-0.3, -0.25) is 19.2 Å². The highest BCUT2D eigenvalue weighted by Crippen LogP contribution is 2.28. The molecule has 176 valence electrons. The standard InChI is InChI=1S/C18H24N4O10/c1-8(23)20-15-12(21-22-19)6-13(18(27)28-5)32-17(15)16(31-11(4)26)14(30-10(3)25)7-29-9(2)24/h6,12,14-17H,7H2,1-5H3,(H,20,23)/t12-,14+,15+,16?,17+/m0/s1. The minimum atomic E-state index is -1.50. The summed E-state index contributed by atoms with van der Waals surface area (Å²) in [6.45, 7) is 3.87. The fraction of sp³-hybridized carbons (Fsp3) is 0.611. The zero-order chi connectivity index (χ0) is 24.4. The number of rotatable bonds is 9. The van der Waals surface area contributed by atoms with E-state index in [4.69, 9.17) is 24.5 Å². The molecule has 0 aliphatic carbocycles. The predicted octanol–water partition coefficient (Wildman–Crippen LogP) is 0.0522. The Kier molecular flexibility index (Phi) is 9.96. The molecular formula is C18H24N4O10. The topological polar surface area (TPSA) is 192 Å². The second-order valence-corrected chi connectivity index (χ2v) is 6.55. The number of azide groups is 1. The van der Waals surface area contributed by atoms with Gasteiger partial charge in [0.05, 0.1) is 19.2 Å². The van der Waals surface area contributed by atoms with Crippen molar-refractivity contribution in [2.75, 3.05) is 13.7 Å². The van der Waals surface area contributed by atoms with Crippen molar-refractivity contribution in [3.8, 4) is 0 Å². The van der Waals surface area contributed by atoms with Crippen molar-refractivity contribution in [3.63, 3.8) is 0 Å². The third kappa shape index (κ3) is 7.80. The molecule has 0 spiro atoms. The molecule has 0 saturated carbocycles. The molecule has 32 heavy (non-hydrogen) atoms. The molecule has 1 amide bonds. The summed E-state index contributed by atoms with van der Waals surface area (Å²) in [6, 6.07) is -2.35. The zero-order valence-corrected chi connectivity index (χ0v) is 18.1. The quantitative estimate of drug-likeness (QED) is 0.163. The lowest BCUT2D eigenvalue weighted by Crippen LogP contribution is -2.61. The van der Waals surface area contributed by atoms with Gasteiger partial charge in [-0.05, 0) is 11.6 Å². The Balaban J connectivity index is 3.57. The Morgan fingerprint density at radius 1 is 1.12 bits per heavy atom. The number of nitrogens with zero attached hydrogens (tertiary/aromatic N) is 3. The van der Waals surface area contributed by atoms with E-state index in [2.05, 4.69) is 20.1 Å². The van der Waals surface area contributed by atoms with Crippen LogP contribution in [0.4, 0.5) is 0 Å². The lowest BCUT2D eigenvalue weighted by molar-refractivity contribution is -0.187. The molecule has 1 aliphatic heterocycles. The number of hydrogen-bond acceptors (Lipinski definition) is 11. The van der Waals surface area contributed by atoms with Crippen LogP contribution in [0.1, 0.15) is 27.7 Å². The van der Waals surface area contributed by atoms with Gasteiger partial charge in [0.15, 0.2) is 18.3 Å². The predicted molar refractivity (Wildman–Crippen MR) is 103 cm³/mol. The molecule has 0 saturated heterocycles. The van der Waals surface area contributed by atoms with Gasteiger partial charge in [0.2, 0.25) is 11.7 Å². The van der Waals surface area contributed by atoms with Crippen LogP contribution in [-0.2, 0) is 47.7 Å². The normalized spacial score (nSPS) is 21.3. The Hall–Kier alpha value is -3.80. The molecule has 0 aromatic carbocycles. The molecule has 1 N–H and O–H groups in total. The molecule has 0 aromatic heterocycles. The Morgan fingerprint density at radius 3 is 2.22 bits per heavy atom. The summed E-state index contributed by atoms with van der Waals surface area (Å²) in [7, 11) is 1.08. The molecule has 0 bridgehead atoms. The van der Waals surface area contributed by atoms with Gasteiger partial charge in [-0.1, -0.05) is 5.11 Å². The third-order valence-electron chi connectivity index (χ3n) is 4.01. The summed E-state index contributed by atoms with van der Waals surface area (Å²) in [5, 5.41) is 6.07. The molecule has 1 unspecified atom stereocenters. The van der Waals surface area contributed by atoms with Gasteiger partial charge >= 0.3 is 23.9 Å². The van der Waals surface area contributed by atoms with Crippen molar-refractivity contribution in [1.29, 1.82) is 0 Å². The first-order valence-electron chi connectivity index (χ1n) is 9.26. The number of carbonyl (C=O) groups excluding carboxylic acids is 5. The summed E-state index contributed by atoms with van der Waals surface area (Å²) in [5.41, 5.74) is 8.94. The highest BCUT2D eigenvalue weighted by atomic mass is 16.6. The van der Waals surface area contributed by atoms with Crippen LogP contribution < -0.4 is 5.32 Å². The molecule has 1 rings (SSSR count). The Bertz CT molecular complexity index is 836. The second kappa shape index (κ2) is 12.2. The summed E-state index contributed by atoms with van der Waals surface area (Å²) in [4.78, 5) is 61.4. The molecule has 14 nitrogen and oxygen atoms in total.